The van der Waals surface area contributed by atoms with Gasteiger partial charge in [0, 0.05) is 5.56 Å². The molecular weight excluding hydrogens is 382 g/mol. The fourth-order valence-electron chi connectivity index (χ4n) is 3.37. The van der Waals surface area contributed by atoms with Crippen LogP contribution in [0.2, 0.25) is 0 Å². The monoisotopic (exact) mass is 405 g/mol. The van der Waals surface area contributed by atoms with Crippen molar-refractivity contribution < 1.29 is 24.2 Å². The van der Waals surface area contributed by atoms with Gasteiger partial charge in [-0.2, -0.15) is 0 Å². The number of allylic oxidation sites excluding steroid dienone is 3. The van der Waals surface area contributed by atoms with Crippen molar-refractivity contribution in [3.05, 3.63) is 84.0 Å². The highest BCUT2D eigenvalue weighted by molar-refractivity contribution is 6.11. The molecule has 3 rings (SSSR count). The lowest BCUT2D eigenvalue weighted by atomic mass is 9.90. The summed E-state index contributed by atoms with van der Waals surface area (Å²) < 4.78 is 4.92. The molecule has 1 N–H and O–H groups in total. The van der Waals surface area contributed by atoms with Gasteiger partial charge in [-0.05, 0) is 24.6 Å². The van der Waals surface area contributed by atoms with Crippen LogP contribution in [-0.4, -0.2) is 35.9 Å². The Hall–Kier alpha value is -3.51. The lowest BCUT2D eigenvalue weighted by Gasteiger charge is -2.21. The highest BCUT2D eigenvalue weighted by atomic mass is 16.5. The third kappa shape index (κ3) is 4.55. The number of fused-ring (bicyclic) bond motifs is 1. The van der Waals surface area contributed by atoms with Gasteiger partial charge < -0.3 is 9.84 Å². The number of amides is 1. The number of hydrogen-bond donors (Lipinski definition) is 1. The summed E-state index contributed by atoms with van der Waals surface area (Å²) in [6, 6.07) is 16.2. The molecule has 154 valence electrons. The number of carbonyl (C=O) groups is 3. The first kappa shape index (κ1) is 21.2. The number of rotatable bonds is 8. The number of benzene rings is 2. The van der Waals surface area contributed by atoms with Crippen LogP contribution in [0.1, 0.15) is 24.5 Å². The number of hydrogen-bond acceptors (Lipinski definition) is 5. The van der Waals surface area contributed by atoms with E-state index in [9.17, 15) is 19.5 Å². The normalized spacial score (nSPS) is 18.2. The summed E-state index contributed by atoms with van der Waals surface area (Å²) in [5.41, 5.74) is -0.324. The Kier molecular flexibility index (Phi) is 6.59. The van der Waals surface area contributed by atoms with E-state index in [-0.39, 0.29) is 13.2 Å². The molecule has 1 aliphatic rings. The molecule has 0 fully saturated rings. The van der Waals surface area contributed by atoms with Crippen molar-refractivity contribution in [2.75, 3.05) is 18.1 Å². The Bertz CT molecular complexity index is 996. The van der Waals surface area contributed by atoms with E-state index in [0.717, 1.165) is 5.56 Å². The van der Waals surface area contributed by atoms with Crippen LogP contribution in [0.5, 0.6) is 0 Å². The predicted octanol–water partition coefficient (Wildman–Crippen LogP) is 3.01. The third-order valence-corrected chi connectivity index (χ3v) is 4.74. The molecule has 6 nitrogen and oxygen atoms in total. The van der Waals surface area contributed by atoms with Gasteiger partial charge in [-0.1, -0.05) is 66.8 Å². The molecule has 1 aliphatic heterocycles. The van der Waals surface area contributed by atoms with Crippen LogP contribution < -0.4 is 4.90 Å². The molecule has 0 aliphatic carbocycles. The first-order chi connectivity index (χ1) is 14.5. The molecular formula is C24H23NO5. The predicted molar refractivity (Wildman–Crippen MR) is 114 cm³/mol. The summed E-state index contributed by atoms with van der Waals surface area (Å²) in [6.45, 7) is 1.54. The fourth-order valence-corrected chi connectivity index (χ4v) is 3.37. The zero-order chi connectivity index (χ0) is 21.6. The fraction of sp³-hybridized carbons (Fsp3) is 0.208. The average molecular weight is 405 g/mol. The van der Waals surface area contributed by atoms with Crippen molar-refractivity contribution in [1.29, 1.82) is 0 Å². The quantitative estimate of drug-likeness (QED) is 0.415. The van der Waals surface area contributed by atoms with Crippen molar-refractivity contribution in [3.63, 3.8) is 0 Å². The summed E-state index contributed by atoms with van der Waals surface area (Å²) in [5.74, 6) is -1.70. The van der Waals surface area contributed by atoms with E-state index in [4.69, 9.17) is 4.74 Å². The zero-order valence-electron chi connectivity index (χ0n) is 16.7. The second kappa shape index (κ2) is 9.33. The Balaban J connectivity index is 1.75. The van der Waals surface area contributed by atoms with Gasteiger partial charge in [0.15, 0.2) is 11.4 Å². The summed E-state index contributed by atoms with van der Waals surface area (Å²) in [4.78, 5) is 38.5. The smallest absolute Gasteiger partial charge is 0.326 e. The number of esters is 1. The van der Waals surface area contributed by atoms with Gasteiger partial charge in [-0.15, -0.1) is 0 Å². The van der Waals surface area contributed by atoms with E-state index >= 15 is 0 Å². The maximum absolute atomic E-state index is 13.0. The largest absolute Gasteiger partial charge is 0.465 e. The van der Waals surface area contributed by atoms with Crippen LogP contribution in [0.4, 0.5) is 5.69 Å². The van der Waals surface area contributed by atoms with Crippen LogP contribution in [-0.2, 0) is 24.7 Å². The molecule has 1 atom stereocenters. The standard InChI is InChI=1S/C24H23NO5/c1-2-30-22(27)17-25-21-15-9-8-14-20(21)24(29,23(25)28)16-19(26)13-7-6-12-18-10-4-3-5-11-18/h3-15,29H,2,16-17H2,1H3/b12-6+,13-7+/t24-/m1/s1. The molecule has 2 aromatic carbocycles. The first-order valence-corrected chi connectivity index (χ1v) is 9.68. The summed E-state index contributed by atoms with van der Waals surface area (Å²) in [6.07, 6.45) is 6.03. The lowest BCUT2D eigenvalue weighted by Crippen LogP contribution is -2.43. The average Bonchev–Trinajstić information content (AvgIpc) is 2.94. The van der Waals surface area contributed by atoms with Gasteiger partial charge in [-0.3, -0.25) is 19.3 Å². The molecule has 2 aromatic rings. The maximum atomic E-state index is 13.0. The van der Waals surface area contributed by atoms with E-state index in [2.05, 4.69) is 0 Å². The van der Waals surface area contributed by atoms with Gasteiger partial charge >= 0.3 is 5.97 Å². The van der Waals surface area contributed by atoms with Crippen LogP contribution >= 0.6 is 0 Å². The van der Waals surface area contributed by atoms with Crippen LogP contribution in [0, 0.1) is 0 Å². The molecule has 0 radical (unpaired) electrons. The highest BCUT2D eigenvalue weighted by Crippen LogP contribution is 2.42. The van der Waals surface area contributed by atoms with E-state index in [1.165, 1.54) is 11.0 Å². The minimum Gasteiger partial charge on any atom is -0.465 e. The van der Waals surface area contributed by atoms with E-state index in [0.29, 0.717) is 11.3 Å². The number of ketones is 1. The number of nitrogens with zero attached hydrogens (tertiary/aromatic N) is 1. The van der Waals surface area contributed by atoms with Crippen LogP contribution in [0.15, 0.2) is 72.8 Å². The number of para-hydroxylation sites is 1. The SMILES string of the molecule is CCOC(=O)CN1C(=O)[C@@](O)(CC(=O)/C=C/C=C/c2ccccc2)c2ccccc21. The minimum atomic E-state index is -2.02. The van der Waals surface area contributed by atoms with Crippen molar-refractivity contribution in [3.8, 4) is 0 Å². The summed E-state index contributed by atoms with van der Waals surface area (Å²) in [5, 5.41) is 11.1. The van der Waals surface area contributed by atoms with Crippen LogP contribution in [0.25, 0.3) is 6.08 Å². The molecule has 0 unspecified atom stereocenters. The van der Waals surface area contributed by atoms with Gasteiger partial charge in [0.1, 0.15) is 6.54 Å². The molecule has 0 saturated heterocycles. The summed E-state index contributed by atoms with van der Waals surface area (Å²) in [7, 11) is 0. The number of aliphatic hydroxyl groups is 1. The van der Waals surface area contributed by atoms with E-state index in [1.54, 1.807) is 43.3 Å². The number of ether oxygens (including phenoxy) is 1. The van der Waals surface area contributed by atoms with E-state index < -0.39 is 29.7 Å². The van der Waals surface area contributed by atoms with E-state index in [1.807, 2.05) is 36.4 Å². The topological polar surface area (TPSA) is 83.9 Å². The molecule has 0 spiro atoms. The highest BCUT2D eigenvalue weighted by Gasteiger charge is 2.50. The Morgan fingerprint density at radius 3 is 2.50 bits per heavy atom. The second-order valence-electron chi connectivity index (χ2n) is 6.85. The second-order valence-corrected chi connectivity index (χ2v) is 6.85. The molecule has 0 aromatic heterocycles. The number of anilines is 1. The van der Waals surface area contributed by atoms with Crippen molar-refractivity contribution >= 4 is 29.4 Å². The van der Waals surface area contributed by atoms with Crippen molar-refractivity contribution in [2.24, 2.45) is 0 Å². The number of carbonyl (C=O) groups excluding carboxylic acids is 3. The van der Waals surface area contributed by atoms with Gasteiger partial charge in [0.2, 0.25) is 0 Å². The zero-order valence-corrected chi connectivity index (χ0v) is 16.7. The minimum absolute atomic E-state index is 0.187. The van der Waals surface area contributed by atoms with Crippen molar-refractivity contribution in [2.45, 2.75) is 18.9 Å². The molecule has 0 saturated carbocycles. The Morgan fingerprint density at radius 2 is 1.77 bits per heavy atom. The Morgan fingerprint density at radius 1 is 1.07 bits per heavy atom. The molecule has 30 heavy (non-hydrogen) atoms. The molecule has 0 bridgehead atoms. The van der Waals surface area contributed by atoms with Gasteiger partial charge in [0.05, 0.1) is 18.7 Å². The first-order valence-electron chi connectivity index (χ1n) is 9.68. The summed E-state index contributed by atoms with van der Waals surface area (Å²) >= 11 is 0. The van der Waals surface area contributed by atoms with Crippen molar-refractivity contribution in [1.82, 2.24) is 0 Å². The molecule has 6 heteroatoms. The van der Waals surface area contributed by atoms with Gasteiger partial charge in [0.25, 0.3) is 5.91 Å². The third-order valence-electron chi connectivity index (χ3n) is 4.74. The lowest BCUT2D eigenvalue weighted by molar-refractivity contribution is -0.145. The molecule has 1 heterocycles. The van der Waals surface area contributed by atoms with Gasteiger partial charge in [-0.25, -0.2) is 0 Å². The Labute approximate surface area is 175 Å². The van der Waals surface area contributed by atoms with Crippen LogP contribution in [0.3, 0.4) is 0 Å². The molecule has 1 amide bonds. The maximum Gasteiger partial charge on any atom is 0.326 e.